The Morgan fingerprint density at radius 3 is 2.35 bits per heavy atom. The molecule has 0 spiro atoms. The topological polar surface area (TPSA) is 69.4 Å². The van der Waals surface area contributed by atoms with Gasteiger partial charge in [0.2, 0.25) is 0 Å². The summed E-state index contributed by atoms with van der Waals surface area (Å²) in [4.78, 5) is 0. The first-order valence-electron chi connectivity index (χ1n) is 7.14. The Hall–Kier alpha value is -1.53. The Balaban J connectivity index is 2.33. The minimum absolute atomic E-state index is 0.0782. The molecule has 0 aliphatic carbocycles. The molecule has 0 amide bonds. The maximum Gasteiger partial charge on any atom is 0.148 e. The summed E-state index contributed by atoms with van der Waals surface area (Å²) >= 11 is 3.38. The molecule has 0 fully saturated rings. The fraction of sp³-hybridized carbons (Fsp3) is 0.294. The first-order chi connectivity index (χ1) is 10.8. The van der Waals surface area contributed by atoms with Gasteiger partial charge >= 0.3 is 0 Å². The van der Waals surface area contributed by atoms with Crippen LogP contribution in [0.5, 0.6) is 5.75 Å². The predicted octanol–water partition coefficient (Wildman–Crippen LogP) is 3.41. The SMILES string of the molecule is COc1ccc(C(Cc2ccc(Br)cc2N)CS(C)(=O)=O)cc1. The van der Waals surface area contributed by atoms with Gasteiger partial charge in [-0.2, -0.15) is 0 Å². The van der Waals surface area contributed by atoms with Crippen LogP contribution in [-0.4, -0.2) is 27.5 Å². The van der Waals surface area contributed by atoms with Crippen molar-refractivity contribution in [2.45, 2.75) is 12.3 Å². The Labute approximate surface area is 145 Å². The standard InChI is InChI=1S/C17H20BrNO3S/c1-22-16-7-4-12(5-8-16)14(11-23(2,20)21)9-13-3-6-15(18)10-17(13)19/h3-8,10,14H,9,11,19H2,1-2H3. The minimum Gasteiger partial charge on any atom is -0.497 e. The van der Waals surface area contributed by atoms with E-state index in [9.17, 15) is 8.42 Å². The second-order valence-electron chi connectivity index (χ2n) is 5.61. The molecule has 0 bridgehead atoms. The summed E-state index contributed by atoms with van der Waals surface area (Å²) in [6.45, 7) is 0. The highest BCUT2D eigenvalue weighted by atomic mass is 79.9. The number of sulfone groups is 1. The largest absolute Gasteiger partial charge is 0.497 e. The lowest BCUT2D eigenvalue weighted by atomic mass is 9.93. The maximum absolute atomic E-state index is 11.8. The van der Waals surface area contributed by atoms with E-state index < -0.39 is 9.84 Å². The number of halogens is 1. The lowest BCUT2D eigenvalue weighted by Gasteiger charge is -2.18. The van der Waals surface area contributed by atoms with Crippen molar-refractivity contribution in [3.63, 3.8) is 0 Å². The number of rotatable bonds is 6. The average molecular weight is 398 g/mol. The molecule has 0 radical (unpaired) electrons. The van der Waals surface area contributed by atoms with E-state index in [1.54, 1.807) is 7.11 Å². The molecule has 0 saturated carbocycles. The van der Waals surface area contributed by atoms with Crippen molar-refractivity contribution in [3.05, 3.63) is 58.1 Å². The molecule has 4 nitrogen and oxygen atoms in total. The van der Waals surface area contributed by atoms with Gasteiger partial charge in [0.05, 0.1) is 12.9 Å². The average Bonchev–Trinajstić information content (AvgIpc) is 2.48. The van der Waals surface area contributed by atoms with E-state index >= 15 is 0 Å². The van der Waals surface area contributed by atoms with Gasteiger partial charge in [-0.1, -0.05) is 34.1 Å². The van der Waals surface area contributed by atoms with Crippen LogP contribution in [0.4, 0.5) is 5.69 Å². The number of nitrogen functional groups attached to an aromatic ring is 1. The highest BCUT2D eigenvalue weighted by Gasteiger charge is 2.19. The van der Waals surface area contributed by atoms with Gasteiger partial charge in [0.25, 0.3) is 0 Å². The van der Waals surface area contributed by atoms with Crippen LogP contribution in [0.2, 0.25) is 0 Å². The van der Waals surface area contributed by atoms with Gasteiger partial charge in [-0.05, 0) is 41.8 Å². The third kappa shape index (κ3) is 5.25. The van der Waals surface area contributed by atoms with Crippen LogP contribution < -0.4 is 10.5 Å². The Morgan fingerprint density at radius 2 is 1.83 bits per heavy atom. The quantitative estimate of drug-likeness (QED) is 0.758. The number of anilines is 1. The lowest BCUT2D eigenvalue weighted by Crippen LogP contribution is -2.16. The lowest BCUT2D eigenvalue weighted by molar-refractivity contribution is 0.414. The Morgan fingerprint density at radius 1 is 1.17 bits per heavy atom. The number of hydrogen-bond donors (Lipinski definition) is 1. The van der Waals surface area contributed by atoms with Crippen molar-refractivity contribution >= 4 is 31.5 Å². The summed E-state index contributed by atoms with van der Waals surface area (Å²) in [6.07, 6.45) is 1.83. The molecule has 2 rings (SSSR count). The third-order valence-corrected chi connectivity index (χ3v) is 5.17. The van der Waals surface area contributed by atoms with Crippen LogP contribution in [0.15, 0.2) is 46.9 Å². The molecule has 1 atom stereocenters. The summed E-state index contributed by atoms with van der Waals surface area (Å²) in [5.41, 5.74) is 8.62. The van der Waals surface area contributed by atoms with E-state index in [2.05, 4.69) is 15.9 Å². The summed E-state index contributed by atoms with van der Waals surface area (Å²) in [5, 5.41) is 0. The second-order valence-corrected chi connectivity index (χ2v) is 8.71. The Bertz CT molecular complexity index is 773. The summed E-state index contributed by atoms with van der Waals surface area (Å²) in [7, 11) is -1.51. The Kier molecular flexibility index (Phi) is 5.70. The van der Waals surface area contributed by atoms with Gasteiger partial charge in [0.1, 0.15) is 15.6 Å². The van der Waals surface area contributed by atoms with Gasteiger partial charge in [-0.25, -0.2) is 8.42 Å². The molecule has 124 valence electrons. The van der Waals surface area contributed by atoms with E-state index in [4.69, 9.17) is 10.5 Å². The molecular weight excluding hydrogens is 378 g/mol. The van der Waals surface area contributed by atoms with Gasteiger partial charge in [0, 0.05) is 22.3 Å². The molecule has 1 unspecified atom stereocenters. The maximum atomic E-state index is 11.8. The molecule has 23 heavy (non-hydrogen) atoms. The van der Waals surface area contributed by atoms with Crippen LogP contribution in [0, 0.1) is 0 Å². The van der Waals surface area contributed by atoms with Gasteiger partial charge in [-0.3, -0.25) is 0 Å². The molecular formula is C17H20BrNO3S. The number of hydrogen-bond acceptors (Lipinski definition) is 4. The van der Waals surface area contributed by atoms with Gasteiger partial charge in [0.15, 0.2) is 0 Å². The zero-order chi connectivity index (χ0) is 17.0. The molecule has 0 saturated heterocycles. The molecule has 2 aromatic rings. The first kappa shape index (κ1) is 17.8. The number of methoxy groups -OCH3 is 1. The van der Waals surface area contributed by atoms with Crippen LogP contribution in [0.1, 0.15) is 17.0 Å². The van der Waals surface area contributed by atoms with E-state index in [0.29, 0.717) is 12.1 Å². The fourth-order valence-electron chi connectivity index (χ4n) is 2.53. The summed E-state index contributed by atoms with van der Waals surface area (Å²) < 4.78 is 29.7. The zero-order valence-electron chi connectivity index (χ0n) is 13.1. The van der Waals surface area contributed by atoms with Crippen LogP contribution in [0.25, 0.3) is 0 Å². The van der Waals surface area contributed by atoms with Gasteiger partial charge < -0.3 is 10.5 Å². The van der Waals surface area contributed by atoms with E-state index in [1.807, 2.05) is 42.5 Å². The van der Waals surface area contributed by atoms with Crippen LogP contribution in [0.3, 0.4) is 0 Å². The molecule has 0 aromatic heterocycles. The molecule has 0 heterocycles. The smallest absolute Gasteiger partial charge is 0.148 e. The normalized spacial score (nSPS) is 12.8. The van der Waals surface area contributed by atoms with Crippen molar-refractivity contribution in [3.8, 4) is 5.75 Å². The highest BCUT2D eigenvalue weighted by molar-refractivity contribution is 9.10. The van der Waals surface area contributed by atoms with Crippen LogP contribution in [-0.2, 0) is 16.3 Å². The molecule has 2 aromatic carbocycles. The molecule has 0 aliphatic heterocycles. The molecule has 2 N–H and O–H groups in total. The fourth-order valence-corrected chi connectivity index (χ4v) is 3.95. The van der Waals surface area contributed by atoms with Crippen molar-refractivity contribution in [2.24, 2.45) is 0 Å². The third-order valence-electron chi connectivity index (χ3n) is 3.67. The van der Waals surface area contributed by atoms with Gasteiger partial charge in [-0.15, -0.1) is 0 Å². The van der Waals surface area contributed by atoms with Crippen molar-refractivity contribution in [1.82, 2.24) is 0 Å². The molecule has 0 aliphatic rings. The first-order valence-corrected chi connectivity index (χ1v) is 9.99. The number of ether oxygens (including phenoxy) is 1. The second kappa shape index (κ2) is 7.36. The minimum atomic E-state index is -3.11. The predicted molar refractivity (Wildman–Crippen MR) is 97.7 cm³/mol. The number of nitrogens with two attached hydrogens (primary N) is 1. The van der Waals surface area contributed by atoms with Crippen molar-refractivity contribution in [1.29, 1.82) is 0 Å². The summed E-state index contributed by atoms with van der Waals surface area (Å²) in [6, 6.07) is 13.2. The number of benzene rings is 2. The zero-order valence-corrected chi connectivity index (χ0v) is 15.5. The van der Waals surface area contributed by atoms with Crippen LogP contribution >= 0.6 is 15.9 Å². The van der Waals surface area contributed by atoms with Crippen molar-refractivity contribution in [2.75, 3.05) is 24.9 Å². The van der Waals surface area contributed by atoms with E-state index in [1.165, 1.54) is 6.26 Å². The van der Waals surface area contributed by atoms with Crippen molar-refractivity contribution < 1.29 is 13.2 Å². The highest BCUT2D eigenvalue weighted by Crippen LogP contribution is 2.28. The monoisotopic (exact) mass is 397 g/mol. The van der Waals surface area contributed by atoms with E-state index in [-0.39, 0.29) is 11.7 Å². The van der Waals surface area contributed by atoms with E-state index in [0.717, 1.165) is 21.3 Å². The summed E-state index contributed by atoms with van der Waals surface area (Å²) in [5.74, 6) is 0.670. The molecule has 6 heteroatoms.